The molecule has 0 saturated carbocycles. The first-order chi connectivity index (χ1) is 12.4. The number of aromatic nitrogens is 3. The first kappa shape index (κ1) is 17.9. The monoisotopic (exact) mass is 351 g/mol. The molecular weight excluding hydrogens is 326 g/mol. The van der Waals surface area contributed by atoms with Gasteiger partial charge in [-0.2, -0.15) is 5.10 Å². The van der Waals surface area contributed by atoms with E-state index in [9.17, 15) is 4.79 Å². The third-order valence-electron chi connectivity index (χ3n) is 5.10. The molecule has 0 bridgehead atoms. The molecule has 26 heavy (non-hydrogen) atoms. The van der Waals surface area contributed by atoms with Crippen LogP contribution in [0.3, 0.4) is 0 Å². The Bertz CT molecular complexity index is 866. The van der Waals surface area contributed by atoms with Gasteiger partial charge in [0, 0.05) is 42.0 Å². The Labute approximate surface area is 154 Å². The molecule has 6 heteroatoms. The average molecular weight is 351 g/mol. The van der Waals surface area contributed by atoms with Crippen molar-refractivity contribution in [2.75, 3.05) is 0 Å². The Morgan fingerprint density at radius 3 is 2.69 bits per heavy atom. The van der Waals surface area contributed by atoms with E-state index < -0.39 is 0 Å². The number of carbonyl (C=O) groups is 1. The van der Waals surface area contributed by atoms with E-state index in [1.54, 1.807) is 18.6 Å². The van der Waals surface area contributed by atoms with E-state index in [4.69, 9.17) is 5.73 Å². The molecule has 3 heterocycles. The highest BCUT2D eigenvalue weighted by Crippen LogP contribution is 2.32. The van der Waals surface area contributed by atoms with Crippen LogP contribution >= 0.6 is 0 Å². The molecule has 1 aliphatic rings. The molecule has 2 atom stereocenters. The molecule has 0 fully saturated rings. The minimum atomic E-state index is -0.0941. The van der Waals surface area contributed by atoms with Crippen LogP contribution in [0.2, 0.25) is 0 Å². The maximum atomic E-state index is 13.0. The van der Waals surface area contributed by atoms with Gasteiger partial charge >= 0.3 is 0 Å². The summed E-state index contributed by atoms with van der Waals surface area (Å²) in [4.78, 5) is 19.2. The lowest BCUT2D eigenvalue weighted by Crippen LogP contribution is -2.37. The van der Waals surface area contributed by atoms with E-state index >= 15 is 0 Å². The minimum Gasteiger partial charge on any atom is -0.404 e. The normalized spacial score (nSPS) is 17.4. The number of hydrogen-bond donors (Lipinski definition) is 1. The van der Waals surface area contributed by atoms with E-state index in [0.717, 1.165) is 28.0 Å². The van der Waals surface area contributed by atoms with Crippen LogP contribution in [0, 0.1) is 6.92 Å². The van der Waals surface area contributed by atoms with Gasteiger partial charge in [0.15, 0.2) is 0 Å². The molecule has 2 aromatic rings. The summed E-state index contributed by atoms with van der Waals surface area (Å²) in [5, 5.41) is 4.36. The number of fused-ring (bicyclic) bond motifs is 1. The van der Waals surface area contributed by atoms with Crippen LogP contribution in [-0.4, -0.2) is 31.6 Å². The van der Waals surface area contributed by atoms with Crippen LogP contribution in [0.5, 0.6) is 0 Å². The Morgan fingerprint density at radius 1 is 1.31 bits per heavy atom. The zero-order chi connectivity index (χ0) is 18.8. The van der Waals surface area contributed by atoms with Crippen LogP contribution in [-0.2, 0) is 6.54 Å². The first-order valence-corrected chi connectivity index (χ1v) is 8.78. The molecule has 0 saturated heterocycles. The molecule has 2 N–H and O–H groups in total. The molecule has 0 aromatic carbocycles. The van der Waals surface area contributed by atoms with Gasteiger partial charge in [-0.05, 0) is 57.2 Å². The fourth-order valence-corrected chi connectivity index (χ4v) is 3.45. The van der Waals surface area contributed by atoms with Crippen molar-refractivity contribution >= 4 is 5.91 Å². The number of hydrogen-bond acceptors (Lipinski definition) is 4. The van der Waals surface area contributed by atoms with Gasteiger partial charge < -0.3 is 10.6 Å². The van der Waals surface area contributed by atoms with Crippen molar-refractivity contribution in [2.24, 2.45) is 5.73 Å². The van der Waals surface area contributed by atoms with Crippen molar-refractivity contribution in [1.29, 1.82) is 0 Å². The summed E-state index contributed by atoms with van der Waals surface area (Å²) in [5.74, 6) is 0.0472. The number of pyridine rings is 1. The summed E-state index contributed by atoms with van der Waals surface area (Å²) in [6.45, 7) is 8.62. The second kappa shape index (κ2) is 7.15. The van der Waals surface area contributed by atoms with E-state index in [1.165, 1.54) is 0 Å². The van der Waals surface area contributed by atoms with Crippen molar-refractivity contribution in [3.05, 3.63) is 71.0 Å². The minimum absolute atomic E-state index is 0.00522. The summed E-state index contributed by atoms with van der Waals surface area (Å²) in [6.07, 6.45) is 9.03. The summed E-state index contributed by atoms with van der Waals surface area (Å²) in [5.41, 5.74) is 10.4. The predicted molar refractivity (Wildman–Crippen MR) is 101 cm³/mol. The van der Waals surface area contributed by atoms with E-state index in [0.29, 0.717) is 6.54 Å². The van der Waals surface area contributed by atoms with Gasteiger partial charge in [-0.3, -0.25) is 14.5 Å². The molecule has 3 rings (SSSR count). The van der Waals surface area contributed by atoms with Crippen molar-refractivity contribution in [1.82, 2.24) is 19.7 Å². The van der Waals surface area contributed by atoms with Gasteiger partial charge in [0.25, 0.3) is 5.91 Å². The topological polar surface area (TPSA) is 77.0 Å². The maximum absolute atomic E-state index is 13.0. The molecule has 0 aliphatic carbocycles. The third kappa shape index (κ3) is 3.14. The molecule has 2 unspecified atom stereocenters. The number of nitrogens with zero attached hydrogens (tertiary/aromatic N) is 4. The average Bonchev–Trinajstić information content (AvgIpc) is 3.28. The molecule has 136 valence electrons. The Balaban J connectivity index is 1.97. The van der Waals surface area contributed by atoms with Gasteiger partial charge in [-0.1, -0.05) is 6.08 Å². The molecule has 1 aliphatic heterocycles. The molecule has 1 amide bonds. The lowest BCUT2D eigenvalue weighted by Gasteiger charge is -2.30. The predicted octanol–water partition coefficient (Wildman–Crippen LogP) is 2.98. The zero-order valence-electron chi connectivity index (χ0n) is 15.7. The second-order valence-corrected chi connectivity index (χ2v) is 6.75. The Hall–Kier alpha value is -2.89. The number of allylic oxidation sites excluding steroid dienone is 2. The van der Waals surface area contributed by atoms with E-state index in [-0.39, 0.29) is 18.0 Å². The van der Waals surface area contributed by atoms with Crippen molar-refractivity contribution in [2.45, 2.75) is 46.3 Å². The number of aryl methyl sites for hydroxylation is 1. The van der Waals surface area contributed by atoms with Gasteiger partial charge in [0.2, 0.25) is 0 Å². The fourth-order valence-electron chi connectivity index (χ4n) is 3.45. The fraction of sp³-hybridized carbons (Fsp3) is 0.350. The van der Waals surface area contributed by atoms with Crippen LogP contribution in [0.25, 0.3) is 0 Å². The third-order valence-corrected chi connectivity index (χ3v) is 5.10. The standard InChI is InChI=1S/C20H25N5O/c1-13(11-21)10-18(16(4)25-9-5-7-23-25)15(3)24-12-19-14(2)22-8-6-17(19)20(24)26/h5-11,15-16H,12,21H2,1-4H3/b13-11-,18-10-. The Kier molecular flexibility index (Phi) is 4.93. The quantitative estimate of drug-likeness (QED) is 0.840. The summed E-state index contributed by atoms with van der Waals surface area (Å²) in [6, 6.07) is 3.62. The second-order valence-electron chi connectivity index (χ2n) is 6.75. The molecule has 0 spiro atoms. The van der Waals surface area contributed by atoms with Crippen molar-refractivity contribution in [3.63, 3.8) is 0 Å². The van der Waals surface area contributed by atoms with Gasteiger partial charge in [0.1, 0.15) is 0 Å². The van der Waals surface area contributed by atoms with Crippen molar-refractivity contribution in [3.8, 4) is 0 Å². The SMILES string of the molecule is CC(=C/N)/C=C(/C(C)N1Cc2c(ccnc2C)C1=O)C(C)n1cccn1. The highest BCUT2D eigenvalue weighted by atomic mass is 16.2. The summed E-state index contributed by atoms with van der Waals surface area (Å²) < 4.78 is 1.90. The lowest BCUT2D eigenvalue weighted by molar-refractivity contribution is 0.0735. The van der Waals surface area contributed by atoms with E-state index in [2.05, 4.69) is 30.0 Å². The number of rotatable bonds is 5. The van der Waals surface area contributed by atoms with Crippen LogP contribution in [0.4, 0.5) is 0 Å². The number of nitrogens with two attached hydrogens (primary N) is 1. The molecule has 0 radical (unpaired) electrons. The largest absolute Gasteiger partial charge is 0.404 e. The highest BCUT2D eigenvalue weighted by molar-refractivity contribution is 5.98. The number of carbonyl (C=O) groups excluding carboxylic acids is 1. The number of amides is 1. The van der Waals surface area contributed by atoms with E-state index in [1.807, 2.05) is 41.8 Å². The van der Waals surface area contributed by atoms with Gasteiger partial charge in [-0.15, -0.1) is 0 Å². The van der Waals surface area contributed by atoms with Crippen LogP contribution in [0.15, 0.2) is 54.1 Å². The zero-order valence-corrected chi connectivity index (χ0v) is 15.7. The van der Waals surface area contributed by atoms with Crippen molar-refractivity contribution < 1.29 is 4.79 Å². The van der Waals surface area contributed by atoms with Gasteiger partial charge in [0.05, 0.1) is 12.1 Å². The van der Waals surface area contributed by atoms with Crippen LogP contribution < -0.4 is 5.73 Å². The Morgan fingerprint density at radius 2 is 2.08 bits per heavy atom. The smallest absolute Gasteiger partial charge is 0.255 e. The lowest BCUT2D eigenvalue weighted by atomic mass is 9.97. The van der Waals surface area contributed by atoms with Gasteiger partial charge in [-0.25, -0.2) is 0 Å². The molecule has 2 aromatic heterocycles. The highest BCUT2D eigenvalue weighted by Gasteiger charge is 2.34. The summed E-state index contributed by atoms with van der Waals surface area (Å²) >= 11 is 0. The molecule has 6 nitrogen and oxygen atoms in total. The molecular formula is C20H25N5O. The maximum Gasteiger partial charge on any atom is 0.255 e. The summed E-state index contributed by atoms with van der Waals surface area (Å²) in [7, 11) is 0. The first-order valence-electron chi connectivity index (χ1n) is 8.78. The van der Waals surface area contributed by atoms with Crippen LogP contribution in [0.1, 0.15) is 48.4 Å².